The molecule has 0 bridgehead atoms. The Morgan fingerprint density at radius 1 is 1.12 bits per heavy atom. The molecular formula is C22H21ClFN5O2S. The molecule has 3 amide bonds. The van der Waals surface area contributed by atoms with E-state index in [4.69, 9.17) is 11.6 Å². The molecule has 32 heavy (non-hydrogen) atoms. The third-order valence-corrected chi connectivity index (χ3v) is 6.55. The summed E-state index contributed by atoms with van der Waals surface area (Å²) in [6, 6.07) is 11.1. The lowest BCUT2D eigenvalue weighted by molar-refractivity contribution is 0.102. The van der Waals surface area contributed by atoms with Crippen molar-refractivity contribution in [3.63, 3.8) is 0 Å². The average Bonchev–Trinajstić information content (AvgIpc) is 3.28. The number of nitrogens with zero attached hydrogens (tertiary/aromatic N) is 3. The zero-order valence-corrected chi connectivity index (χ0v) is 18.8. The van der Waals surface area contributed by atoms with Crippen LogP contribution in [0, 0.1) is 12.7 Å². The van der Waals surface area contributed by atoms with E-state index in [-0.39, 0.29) is 28.7 Å². The van der Waals surface area contributed by atoms with Crippen molar-refractivity contribution in [1.82, 2.24) is 15.1 Å². The lowest BCUT2D eigenvalue weighted by Crippen LogP contribution is -2.41. The maximum absolute atomic E-state index is 13.8. The van der Waals surface area contributed by atoms with Crippen LogP contribution in [0.1, 0.15) is 39.1 Å². The topological polar surface area (TPSA) is 87.2 Å². The molecule has 1 aliphatic heterocycles. The van der Waals surface area contributed by atoms with E-state index >= 15 is 0 Å². The van der Waals surface area contributed by atoms with Crippen LogP contribution in [0.5, 0.6) is 0 Å². The summed E-state index contributed by atoms with van der Waals surface area (Å²) in [5.41, 5.74) is 1.55. The van der Waals surface area contributed by atoms with Gasteiger partial charge in [0.1, 0.15) is 10.8 Å². The van der Waals surface area contributed by atoms with E-state index in [1.807, 2.05) is 0 Å². The number of nitrogens with one attached hydrogen (secondary N) is 2. The highest BCUT2D eigenvalue weighted by Gasteiger charge is 2.28. The van der Waals surface area contributed by atoms with Crippen LogP contribution >= 0.6 is 22.9 Å². The minimum Gasteiger partial charge on any atom is -0.324 e. The minimum atomic E-state index is -0.363. The van der Waals surface area contributed by atoms with E-state index < -0.39 is 0 Å². The third kappa shape index (κ3) is 5.23. The minimum absolute atomic E-state index is 0.0150. The van der Waals surface area contributed by atoms with Gasteiger partial charge in [0.15, 0.2) is 0 Å². The van der Waals surface area contributed by atoms with Crippen molar-refractivity contribution in [1.29, 1.82) is 0 Å². The van der Waals surface area contributed by atoms with E-state index in [9.17, 15) is 14.0 Å². The van der Waals surface area contributed by atoms with Gasteiger partial charge in [0, 0.05) is 35.4 Å². The van der Waals surface area contributed by atoms with Gasteiger partial charge in [0.25, 0.3) is 5.91 Å². The van der Waals surface area contributed by atoms with E-state index in [2.05, 4.69) is 20.8 Å². The van der Waals surface area contributed by atoms with Crippen molar-refractivity contribution in [2.24, 2.45) is 0 Å². The van der Waals surface area contributed by atoms with Crippen LogP contribution in [0.2, 0.25) is 5.02 Å². The summed E-state index contributed by atoms with van der Waals surface area (Å²) in [5.74, 6) is -0.723. The highest BCUT2D eigenvalue weighted by Crippen LogP contribution is 2.30. The number of benzene rings is 2. The predicted molar refractivity (Wildman–Crippen MR) is 123 cm³/mol. The molecule has 4 rings (SSSR count). The van der Waals surface area contributed by atoms with Gasteiger partial charge >= 0.3 is 6.03 Å². The number of anilines is 2. The molecule has 1 atom stereocenters. The molecule has 1 fully saturated rings. The Morgan fingerprint density at radius 2 is 1.88 bits per heavy atom. The lowest BCUT2D eigenvalue weighted by Gasteiger charge is -2.31. The number of halogens is 2. The van der Waals surface area contributed by atoms with Crippen molar-refractivity contribution in [3.05, 3.63) is 68.9 Å². The number of aromatic nitrogens is 2. The largest absolute Gasteiger partial charge is 0.324 e. The molecular weight excluding hydrogens is 453 g/mol. The molecule has 0 saturated carbocycles. The zero-order valence-electron chi connectivity index (χ0n) is 17.3. The second kappa shape index (κ2) is 9.62. The third-order valence-electron chi connectivity index (χ3n) is 5.22. The fourth-order valence-corrected chi connectivity index (χ4v) is 4.44. The number of urea groups is 1. The summed E-state index contributed by atoms with van der Waals surface area (Å²) in [6.45, 7) is 2.72. The summed E-state index contributed by atoms with van der Waals surface area (Å²) < 4.78 is 13.8. The van der Waals surface area contributed by atoms with Gasteiger partial charge in [-0.05, 0) is 61.7 Å². The summed E-state index contributed by atoms with van der Waals surface area (Å²) in [5, 5.41) is 15.3. The number of rotatable bonds is 4. The number of carbonyl (C=O) groups excluding carboxylic acids is 2. The molecule has 1 saturated heterocycles. The molecule has 0 radical (unpaired) electrons. The quantitative estimate of drug-likeness (QED) is 0.538. The number of hydrogen-bond donors (Lipinski definition) is 2. The Kier molecular flexibility index (Phi) is 6.66. The standard InChI is InChI=1S/C22H21ClFN5O2S/c1-13-4-7-17(11-18(13)24)26-22(31)29-10-2-3-14(12-29)20-27-28-21(32-20)19(30)25-16-8-5-15(23)6-9-16/h4-9,11,14H,2-3,10,12H2,1H3,(H,25,30)(H,26,31)/t14-/m1/s1. The van der Waals surface area contributed by atoms with Crippen LogP contribution in [0.25, 0.3) is 0 Å². The van der Waals surface area contributed by atoms with Crippen LogP contribution in [-0.4, -0.2) is 40.1 Å². The van der Waals surface area contributed by atoms with Gasteiger partial charge in [-0.3, -0.25) is 4.79 Å². The van der Waals surface area contributed by atoms with Gasteiger partial charge in [-0.1, -0.05) is 29.0 Å². The first-order valence-corrected chi connectivity index (χ1v) is 11.3. The first kappa shape index (κ1) is 22.2. The molecule has 0 spiro atoms. The second-order valence-corrected chi connectivity index (χ2v) is 9.03. The SMILES string of the molecule is Cc1ccc(NC(=O)N2CCC[C@@H](c3nnc(C(=O)Nc4ccc(Cl)cc4)s3)C2)cc1F. The van der Waals surface area contributed by atoms with Crippen molar-refractivity contribution < 1.29 is 14.0 Å². The van der Waals surface area contributed by atoms with Crippen LogP contribution in [0.15, 0.2) is 42.5 Å². The molecule has 0 unspecified atom stereocenters. The maximum Gasteiger partial charge on any atom is 0.321 e. The Balaban J connectivity index is 1.38. The molecule has 2 heterocycles. The van der Waals surface area contributed by atoms with Crippen molar-refractivity contribution in [3.8, 4) is 0 Å². The molecule has 166 valence electrons. The lowest BCUT2D eigenvalue weighted by atomic mass is 9.99. The second-order valence-electron chi connectivity index (χ2n) is 7.59. The average molecular weight is 474 g/mol. The molecule has 7 nitrogen and oxygen atoms in total. The van der Waals surface area contributed by atoms with E-state index in [1.54, 1.807) is 48.2 Å². The number of piperidine rings is 1. The van der Waals surface area contributed by atoms with Crippen LogP contribution in [0.4, 0.5) is 20.6 Å². The molecule has 3 aromatic rings. The van der Waals surface area contributed by atoms with Crippen LogP contribution in [-0.2, 0) is 0 Å². The number of likely N-dealkylation sites (tertiary alicyclic amines) is 1. The maximum atomic E-state index is 13.8. The van der Waals surface area contributed by atoms with Gasteiger partial charge in [-0.25, -0.2) is 9.18 Å². The van der Waals surface area contributed by atoms with E-state index in [0.717, 1.165) is 12.8 Å². The summed E-state index contributed by atoms with van der Waals surface area (Å²) >= 11 is 7.09. The molecule has 2 aromatic carbocycles. The van der Waals surface area contributed by atoms with E-state index in [0.29, 0.717) is 40.1 Å². The Morgan fingerprint density at radius 3 is 2.62 bits per heavy atom. The fraction of sp³-hybridized carbons (Fsp3) is 0.273. The predicted octanol–water partition coefficient (Wildman–Crippen LogP) is 5.30. The van der Waals surface area contributed by atoms with Crippen molar-refractivity contribution in [2.45, 2.75) is 25.7 Å². The van der Waals surface area contributed by atoms with Gasteiger partial charge in [-0.2, -0.15) is 0 Å². The molecule has 1 aromatic heterocycles. The molecule has 10 heteroatoms. The Labute approximate surface area is 193 Å². The highest BCUT2D eigenvalue weighted by molar-refractivity contribution is 7.13. The monoisotopic (exact) mass is 473 g/mol. The van der Waals surface area contributed by atoms with Gasteiger partial charge in [0.2, 0.25) is 5.01 Å². The van der Waals surface area contributed by atoms with Crippen LogP contribution in [0.3, 0.4) is 0 Å². The Bertz CT molecular complexity index is 1140. The Hall–Kier alpha value is -3.04. The summed E-state index contributed by atoms with van der Waals surface area (Å²) in [7, 11) is 0. The van der Waals surface area contributed by atoms with Gasteiger partial charge < -0.3 is 15.5 Å². The fourth-order valence-electron chi connectivity index (χ4n) is 3.45. The van der Waals surface area contributed by atoms with Crippen molar-refractivity contribution >= 4 is 46.3 Å². The number of amides is 3. The first-order chi connectivity index (χ1) is 15.4. The van der Waals surface area contributed by atoms with Crippen LogP contribution < -0.4 is 10.6 Å². The number of hydrogen-bond acceptors (Lipinski definition) is 5. The van der Waals surface area contributed by atoms with Crippen molar-refractivity contribution in [2.75, 3.05) is 23.7 Å². The number of aryl methyl sites for hydroxylation is 1. The van der Waals surface area contributed by atoms with Gasteiger partial charge in [-0.15, -0.1) is 10.2 Å². The first-order valence-electron chi connectivity index (χ1n) is 10.1. The smallest absolute Gasteiger partial charge is 0.321 e. The molecule has 1 aliphatic rings. The molecule has 2 N–H and O–H groups in total. The van der Waals surface area contributed by atoms with E-state index in [1.165, 1.54) is 17.4 Å². The zero-order chi connectivity index (χ0) is 22.7. The normalized spacial score (nSPS) is 16.0. The van der Waals surface area contributed by atoms with Gasteiger partial charge in [0.05, 0.1) is 0 Å². The molecule has 0 aliphatic carbocycles. The highest BCUT2D eigenvalue weighted by atomic mass is 35.5. The summed E-state index contributed by atoms with van der Waals surface area (Å²) in [6.07, 6.45) is 1.64. The number of carbonyl (C=O) groups is 2. The summed E-state index contributed by atoms with van der Waals surface area (Å²) in [4.78, 5) is 26.8.